The molecule has 1 aromatic heterocycles. The molecule has 17 heavy (non-hydrogen) atoms. The van der Waals surface area contributed by atoms with E-state index < -0.39 is 0 Å². The molecule has 1 N–H and O–H groups in total. The van der Waals surface area contributed by atoms with E-state index in [0.717, 1.165) is 17.9 Å². The van der Waals surface area contributed by atoms with E-state index in [2.05, 4.69) is 73.8 Å². The Kier molecular flexibility index (Phi) is 3.50. The van der Waals surface area contributed by atoms with E-state index in [9.17, 15) is 0 Å². The third-order valence-corrected chi connectivity index (χ3v) is 3.64. The third-order valence-electron chi connectivity index (χ3n) is 2.79. The Bertz CT molecular complexity index is 537. The van der Waals surface area contributed by atoms with Crippen LogP contribution in [-0.2, 0) is 6.54 Å². The number of hydrogen-bond donors (Lipinski definition) is 1. The molecule has 0 atom stereocenters. The van der Waals surface area contributed by atoms with E-state index in [0.29, 0.717) is 0 Å². The van der Waals surface area contributed by atoms with Gasteiger partial charge in [0.2, 0.25) is 0 Å². The zero-order valence-electron chi connectivity index (χ0n) is 10.7. The molecular weight excluding hydrogens is 325 g/mol. The van der Waals surface area contributed by atoms with Crippen molar-refractivity contribution in [2.24, 2.45) is 0 Å². The van der Waals surface area contributed by atoms with Crippen LogP contribution in [0.15, 0.2) is 22.6 Å². The number of halogens is 1. The molecule has 3 heteroatoms. The number of benzene rings is 1. The molecule has 2 nitrogen and oxygen atoms in total. The van der Waals surface area contributed by atoms with Crippen molar-refractivity contribution in [3.63, 3.8) is 0 Å². The summed E-state index contributed by atoms with van der Waals surface area (Å²) >= 11 is 2.32. The van der Waals surface area contributed by atoms with Gasteiger partial charge in [0, 0.05) is 10.9 Å². The highest BCUT2D eigenvalue weighted by Gasteiger charge is 2.15. The number of rotatable bonds is 2. The number of nitrogens with one attached hydrogen (secondary N) is 1. The molecule has 2 aromatic rings. The van der Waals surface area contributed by atoms with Crippen molar-refractivity contribution in [2.45, 2.75) is 39.8 Å². The lowest BCUT2D eigenvalue weighted by atomic mass is 10.1. The maximum Gasteiger partial charge on any atom is 0.147 e. The quantitative estimate of drug-likeness (QED) is 0.826. The smallest absolute Gasteiger partial charge is 0.147 e. The first kappa shape index (κ1) is 12.9. The van der Waals surface area contributed by atoms with Gasteiger partial charge in [-0.2, -0.15) is 0 Å². The second-order valence-electron chi connectivity index (χ2n) is 5.37. The highest BCUT2D eigenvalue weighted by molar-refractivity contribution is 14.1. The second-order valence-corrected chi connectivity index (χ2v) is 6.53. The Morgan fingerprint density at radius 1 is 1.29 bits per heavy atom. The maximum absolute atomic E-state index is 5.96. The lowest BCUT2D eigenvalue weighted by Gasteiger charge is -2.19. The van der Waals surface area contributed by atoms with Crippen LogP contribution in [0.5, 0.6) is 0 Å². The van der Waals surface area contributed by atoms with Gasteiger partial charge in [-0.1, -0.05) is 12.1 Å². The first-order chi connectivity index (χ1) is 7.88. The summed E-state index contributed by atoms with van der Waals surface area (Å²) in [6.07, 6.45) is 0. The van der Waals surface area contributed by atoms with Crippen LogP contribution < -0.4 is 5.32 Å². The van der Waals surface area contributed by atoms with E-state index in [-0.39, 0.29) is 5.54 Å². The summed E-state index contributed by atoms with van der Waals surface area (Å²) in [5.41, 5.74) is 2.37. The summed E-state index contributed by atoms with van der Waals surface area (Å²) in [5.74, 6) is 1.04. The van der Waals surface area contributed by atoms with Gasteiger partial charge in [0.25, 0.3) is 0 Å². The highest BCUT2D eigenvalue weighted by atomic mass is 127. The number of para-hydroxylation sites is 1. The van der Waals surface area contributed by atoms with Crippen molar-refractivity contribution >= 4 is 33.6 Å². The highest BCUT2D eigenvalue weighted by Crippen LogP contribution is 2.28. The normalized spacial score (nSPS) is 12.3. The topological polar surface area (TPSA) is 25.2 Å². The van der Waals surface area contributed by atoms with Gasteiger partial charge >= 0.3 is 0 Å². The molecule has 1 aromatic carbocycles. The van der Waals surface area contributed by atoms with Crippen molar-refractivity contribution in [1.29, 1.82) is 0 Å². The minimum absolute atomic E-state index is 0.110. The fourth-order valence-electron chi connectivity index (χ4n) is 1.77. The standard InChI is InChI=1S/C14H18INO/c1-9-10-6-5-7-11(15)13(10)17-12(9)8-16-14(2,3)4/h5-7,16H,8H2,1-4H3. The molecule has 0 spiro atoms. The average Bonchev–Trinajstić information content (AvgIpc) is 2.54. The van der Waals surface area contributed by atoms with Gasteiger partial charge in [-0.15, -0.1) is 0 Å². The van der Waals surface area contributed by atoms with E-state index in [1.165, 1.54) is 14.5 Å². The minimum atomic E-state index is 0.110. The summed E-state index contributed by atoms with van der Waals surface area (Å²) in [5, 5.41) is 4.69. The van der Waals surface area contributed by atoms with Crippen LogP contribution in [-0.4, -0.2) is 5.54 Å². The zero-order chi connectivity index (χ0) is 12.6. The van der Waals surface area contributed by atoms with Crippen LogP contribution in [0.25, 0.3) is 11.0 Å². The minimum Gasteiger partial charge on any atom is -0.458 e. The molecular formula is C14H18INO. The van der Waals surface area contributed by atoms with Gasteiger partial charge in [0.05, 0.1) is 10.1 Å². The van der Waals surface area contributed by atoms with Crippen LogP contribution in [0.4, 0.5) is 0 Å². The Morgan fingerprint density at radius 2 is 2.00 bits per heavy atom. The molecule has 0 radical (unpaired) electrons. The molecule has 0 bridgehead atoms. The van der Waals surface area contributed by atoms with Gasteiger partial charge in [-0.3, -0.25) is 0 Å². The molecule has 0 fully saturated rings. The molecule has 1 heterocycles. The molecule has 0 saturated carbocycles. The van der Waals surface area contributed by atoms with Gasteiger partial charge in [-0.25, -0.2) is 0 Å². The lowest BCUT2D eigenvalue weighted by Crippen LogP contribution is -2.35. The van der Waals surface area contributed by atoms with Crippen LogP contribution in [0.1, 0.15) is 32.1 Å². The summed E-state index contributed by atoms with van der Waals surface area (Å²) in [4.78, 5) is 0. The second kappa shape index (κ2) is 4.61. The van der Waals surface area contributed by atoms with Gasteiger partial charge in [0.15, 0.2) is 0 Å². The maximum atomic E-state index is 5.96. The third kappa shape index (κ3) is 2.83. The largest absolute Gasteiger partial charge is 0.458 e. The van der Waals surface area contributed by atoms with Crippen molar-refractivity contribution in [3.8, 4) is 0 Å². The lowest BCUT2D eigenvalue weighted by molar-refractivity contribution is 0.394. The summed E-state index contributed by atoms with van der Waals surface area (Å²) in [7, 11) is 0. The Balaban J connectivity index is 2.36. The predicted octanol–water partition coefficient (Wildman–Crippen LogP) is 4.23. The molecule has 0 aliphatic heterocycles. The fraction of sp³-hybridized carbons (Fsp3) is 0.429. The van der Waals surface area contributed by atoms with Crippen LogP contribution in [0.3, 0.4) is 0 Å². The average molecular weight is 343 g/mol. The van der Waals surface area contributed by atoms with E-state index in [4.69, 9.17) is 4.42 Å². The van der Waals surface area contributed by atoms with Gasteiger partial charge < -0.3 is 9.73 Å². The molecule has 0 aliphatic carbocycles. The number of fused-ring (bicyclic) bond motifs is 1. The Hall–Kier alpha value is -0.550. The Morgan fingerprint density at radius 3 is 2.59 bits per heavy atom. The monoisotopic (exact) mass is 343 g/mol. The molecule has 2 rings (SSSR count). The first-order valence-corrected chi connectivity index (χ1v) is 6.88. The molecule has 0 aliphatic rings. The van der Waals surface area contributed by atoms with Crippen LogP contribution in [0.2, 0.25) is 0 Å². The molecule has 0 saturated heterocycles. The summed E-state index contributed by atoms with van der Waals surface area (Å²) in [6.45, 7) is 9.39. The van der Waals surface area contributed by atoms with Crippen molar-refractivity contribution in [1.82, 2.24) is 5.32 Å². The van der Waals surface area contributed by atoms with Gasteiger partial charge in [0.1, 0.15) is 11.3 Å². The van der Waals surface area contributed by atoms with Crippen molar-refractivity contribution in [2.75, 3.05) is 0 Å². The number of aryl methyl sites for hydroxylation is 1. The molecule has 0 amide bonds. The van der Waals surface area contributed by atoms with E-state index >= 15 is 0 Å². The van der Waals surface area contributed by atoms with Crippen LogP contribution in [0, 0.1) is 10.5 Å². The van der Waals surface area contributed by atoms with E-state index in [1.54, 1.807) is 0 Å². The predicted molar refractivity (Wildman–Crippen MR) is 80.3 cm³/mol. The molecule has 0 unspecified atom stereocenters. The SMILES string of the molecule is Cc1c(CNC(C)(C)C)oc2c(I)cccc12. The Labute approximate surface area is 116 Å². The number of hydrogen-bond acceptors (Lipinski definition) is 2. The number of furan rings is 1. The zero-order valence-corrected chi connectivity index (χ0v) is 12.9. The fourth-order valence-corrected chi connectivity index (χ4v) is 2.38. The van der Waals surface area contributed by atoms with Crippen molar-refractivity contribution in [3.05, 3.63) is 33.1 Å². The van der Waals surface area contributed by atoms with Crippen LogP contribution >= 0.6 is 22.6 Å². The van der Waals surface area contributed by atoms with Gasteiger partial charge in [-0.05, 0) is 61.9 Å². The van der Waals surface area contributed by atoms with Crippen molar-refractivity contribution < 1.29 is 4.42 Å². The first-order valence-electron chi connectivity index (χ1n) is 5.80. The summed E-state index contributed by atoms with van der Waals surface area (Å²) < 4.78 is 7.13. The van der Waals surface area contributed by atoms with E-state index in [1.807, 2.05) is 0 Å². The summed E-state index contributed by atoms with van der Waals surface area (Å²) in [6, 6.07) is 6.28. The molecule has 92 valence electrons.